The van der Waals surface area contributed by atoms with Crippen molar-refractivity contribution in [2.75, 3.05) is 20.1 Å². The van der Waals surface area contributed by atoms with Gasteiger partial charge >= 0.3 is 0 Å². The van der Waals surface area contributed by atoms with Crippen LogP contribution in [0, 0.1) is 17.3 Å². The molecular formula is C16H31N3O. The van der Waals surface area contributed by atoms with Crippen molar-refractivity contribution in [2.45, 2.75) is 58.5 Å². The Morgan fingerprint density at radius 3 is 2.55 bits per heavy atom. The van der Waals surface area contributed by atoms with E-state index in [1.54, 1.807) is 0 Å². The zero-order valence-electron chi connectivity index (χ0n) is 13.5. The maximum absolute atomic E-state index is 12.5. The third kappa shape index (κ3) is 3.34. The van der Waals surface area contributed by atoms with Crippen LogP contribution in [0.3, 0.4) is 0 Å². The fraction of sp³-hybridized carbons (Fsp3) is 0.938. The van der Waals surface area contributed by atoms with Crippen LogP contribution in [0.1, 0.15) is 46.5 Å². The minimum atomic E-state index is -0.00978. The van der Waals surface area contributed by atoms with Crippen molar-refractivity contribution in [3.05, 3.63) is 0 Å². The monoisotopic (exact) mass is 281 g/mol. The fourth-order valence-corrected chi connectivity index (χ4v) is 3.50. The summed E-state index contributed by atoms with van der Waals surface area (Å²) in [6.07, 6.45) is 4.51. The highest BCUT2D eigenvalue weighted by molar-refractivity contribution is 5.79. The van der Waals surface area contributed by atoms with Gasteiger partial charge in [-0.3, -0.25) is 4.79 Å². The van der Waals surface area contributed by atoms with Crippen LogP contribution in [0.2, 0.25) is 0 Å². The molecule has 2 rings (SSSR count). The molecule has 1 amide bonds. The van der Waals surface area contributed by atoms with Crippen LogP contribution in [0.4, 0.5) is 0 Å². The molecule has 0 bridgehead atoms. The molecule has 0 radical (unpaired) electrons. The maximum Gasteiger partial charge on any atom is 0.223 e. The van der Waals surface area contributed by atoms with Crippen molar-refractivity contribution in [1.29, 1.82) is 0 Å². The Labute approximate surface area is 123 Å². The van der Waals surface area contributed by atoms with Gasteiger partial charge in [-0.2, -0.15) is 0 Å². The molecule has 0 aromatic carbocycles. The Morgan fingerprint density at radius 2 is 1.95 bits per heavy atom. The fourth-order valence-electron chi connectivity index (χ4n) is 3.50. The van der Waals surface area contributed by atoms with Crippen molar-refractivity contribution in [2.24, 2.45) is 23.0 Å². The summed E-state index contributed by atoms with van der Waals surface area (Å²) in [7, 11) is 2.15. The molecule has 3 unspecified atom stereocenters. The minimum Gasteiger partial charge on any atom is -0.355 e. The predicted octanol–water partition coefficient (Wildman–Crippen LogP) is 1.60. The summed E-state index contributed by atoms with van der Waals surface area (Å²) < 4.78 is 0. The molecule has 3 atom stereocenters. The number of hydrogen-bond acceptors (Lipinski definition) is 3. The molecule has 4 nitrogen and oxygen atoms in total. The lowest BCUT2D eigenvalue weighted by Crippen LogP contribution is -2.52. The van der Waals surface area contributed by atoms with Crippen LogP contribution in [0.15, 0.2) is 0 Å². The van der Waals surface area contributed by atoms with Crippen molar-refractivity contribution in [3.8, 4) is 0 Å². The molecular weight excluding hydrogens is 250 g/mol. The van der Waals surface area contributed by atoms with E-state index < -0.39 is 0 Å². The number of nitrogens with one attached hydrogen (secondary N) is 1. The number of hydrogen-bond donors (Lipinski definition) is 2. The van der Waals surface area contributed by atoms with Gasteiger partial charge in [0.1, 0.15) is 0 Å². The Hall–Kier alpha value is -0.610. The van der Waals surface area contributed by atoms with Gasteiger partial charge in [-0.1, -0.05) is 20.8 Å². The number of rotatable bonds is 5. The Balaban J connectivity index is 1.81. The Bertz CT molecular complexity index is 352. The van der Waals surface area contributed by atoms with E-state index in [-0.39, 0.29) is 23.3 Å². The smallest absolute Gasteiger partial charge is 0.223 e. The lowest BCUT2D eigenvalue weighted by Gasteiger charge is -2.46. The van der Waals surface area contributed by atoms with Crippen molar-refractivity contribution < 1.29 is 4.79 Å². The molecule has 0 spiro atoms. The summed E-state index contributed by atoms with van der Waals surface area (Å²) in [6, 6.07) is 0.992. The molecule has 2 aliphatic carbocycles. The van der Waals surface area contributed by atoms with Gasteiger partial charge in [0.15, 0.2) is 0 Å². The Morgan fingerprint density at radius 1 is 1.30 bits per heavy atom. The second-order valence-corrected chi connectivity index (χ2v) is 7.41. The highest BCUT2D eigenvalue weighted by Gasteiger charge is 2.44. The maximum atomic E-state index is 12.5. The van der Waals surface area contributed by atoms with Crippen LogP contribution in [-0.2, 0) is 4.79 Å². The van der Waals surface area contributed by atoms with Gasteiger partial charge in [-0.15, -0.1) is 0 Å². The SMILES string of the molecule is CC1C(N)CCC(C(=O)NCCN(C)C2CC2)C1(C)C. The first-order valence-electron chi connectivity index (χ1n) is 8.07. The summed E-state index contributed by atoms with van der Waals surface area (Å²) in [5.74, 6) is 0.711. The molecule has 3 N–H and O–H groups in total. The molecule has 0 heterocycles. The molecule has 0 aromatic rings. The first kappa shape index (κ1) is 15.8. The molecule has 4 heteroatoms. The molecule has 2 saturated carbocycles. The summed E-state index contributed by atoms with van der Waals surface area (Å²) in [6.45, 7) is 8.29. The third-order valence-electron chi connectivity index (χ3n) is 5.75. The molecule has 0 aromatic heterocycles. The number of nitrogens with zero attached hydrogens (tertiary/aromatic N) is 1. The molecule has 20 heavy (non-hydrogen) atoms. The largest absolute Gasteiger partial charge is 0.355 e. The van der Waals surface area contributed by atoms with E-state index in [4.69, 9.17) is 5.73 Å². The normalized spacial score (nSPS) is 33.2. The number of carbonyl (C=O) groups excluding carboxylic acids is 1. The Kier molecular flexibility index (Phi) is 4.75. The quantitative estimate of drug-likeness (QED) is 0.804. The number of carbonyl (C=O) groups is 1. The zero-order valence-corrected chi connectivity index (χ0v) is 13.5. The van der Waals surface area contributed by atoms with Crippen LogP contribution >= 0.6 is 0 Å². The van der Waals surface area contributed by atoms with Crippen LogP contribution < -0.4 is 11.1 Å². The van der Waals surface area contributed by atoms with Gasteiger partial charge in [0, 0.05) is 31.1 Å². The molecule has 0 saturated heterocycles. The molecule has 2 fully saturated rings. The average molecular weight is 281 g/mol. The molecule has 0 aliphatic heterocycles. The lowest BCUT2D eigenvalue weighted by atomic mass is 9.61. The third-order valence-corrected chi connectivity index (χ3v) is 5.75. The summed E-state index contributed by atoms with van der Waals surface area (Å²) in [5.41, 5.74) is 6.15. The highest BCUT2D eigenvalue weighted by Crippen LogP contribution is 2.44. The highest BCUT2D eigenvalue weighted by atomic mass is 16.1. The van der Waals surface area contributed by atoms with Gasteiger partial charge in [0.2, 0.25) is 5.91 Å². The van der Waals surface area contributed by atoms with Crippen molar-refractivity contribution in [3.63, 3.8) is 0 Å². The second-order valence-electron chi connectivity index (χ2n) is 7.41. The van der Waals surface area contributed by atoms with Crippen LogP contribution in [0.25, 0.3) is 0 Å². The van der Waals surface area contributed by atoms with Crippen LogP contribution in [0.5, 0.6) is 0 Å². The topological polar surface area (TPSA) is 58.4 Å². The predicted molar refractivity (Wildman–Crippen MR) is 82.3 cm³/mol. The van der Waals surface area contributed by atoms with Crippen LogP contribution in [-0.4, -0.2) is 43.0 Å². The van der Waals surface area contributed by atoms with Gasteiger partial charge in [-0.05, 0) is 44.1 Å². The van der Waals surface area contributed by atoms with E-state index in [2.05, 4.69) is 38.0 Å². The number of nitrogens with two attached hydrogens (primary N) is 1. The lowest BCUT2D eigenvalue weighted by molar-refractivity contribution is -0.132. The van der Waals surface area contributed by atoms with E-state index in [1.807, 2.05) is 0 Å². The van der Waals surface area contributed by atoms with Crippen molar-refractivity contribution >= 4 is 5.91 Å². The second kappa shape index (κ2) is 6.02. The van der Waals surface area contributed by atoms with E-state index in [9.17, 15) is 4.79 Å². The van der Waals surface area contributed by atoms with Gasteiger partial charge in [0.05, 0.1) is 0 Å². The van der Waals surface area contributed by atoms with E-state index in [0.29, 0.717) is 5.92 Å². The first-order chi connectivity index (χ1) is 9.34. The minimum absolute atomic E-state index is 0.00978. The summed E-state index contributed by atoms with van der Waals surface area (Å²) in [4.78, 5) is 14.8. The number of likely N-dealkylation sites (N-methyl/N-ethyl adjacent to an activating group) is 1. The molecule has 116 valence electrons. The van der Waals surface area contributed by atoms with Gasteiger partial charge in [0.25, 0.3) is 0 Å². The summed E-state index contributed by atoms with van der Waals surface area (Å²) in [5, 5.41) is 3.14. The first-order valence-corrected chi connectivity index (χ1v) is 8.07. The summed E-state index contributed by atoms with van der Waals surface area (Å²) >= 11 is 0. The number of amides is 1. The van der Waals surface area contributed by atoms with Gasteiger partial charge < -0.3 is 16.0 Å². The van der Waals surface area contributed by atoms with E-state index in [1.165, 1.54) is 12.8 Å². The molecule has 2 aliphatic rings. The van der Waals surface area contributed by atoms with E-state index >= 15 is 0 Å². The van der Waals surface area contributed by atoms with Gasteiger partial charge in [-0.25, -0.2) is 0 Å². The van der Waals surface area contributed by atoms with Crippen molar-refractivity contribution in [1.82, 2.24) is 10.2 Å². The zero-order chi connectivity index (χ0) is 14.9. The standard InChI is InChI=1S/C16H31N3O/c1-11-14(17)8-7-13(16(11,2)3)15(20)18-9-10-19(4)12-5-6-12/h11-14H,5-10,17H2,1-4H3,(H,18,20). The van der Waals surface area contributed by atoms with E-state index in [0.717, 1.165) is 32.0 Å². The average Bonchev–Trinajstić information content (AvgIpc) is 3.20.